The molecule has 0 aliphatic rings. The molecule has 0 unspecified atom stereocenters. The van der Waals surface area contributed by atoms with Crippen LogP contribution in [0.2, 0.25) is 0 Å². The number of nitrogens with one attached hydrogen (secondary N) is 2. The van der Waals surface area contributed by atoms with Crippen molar-refractivity contribution in [1.29, 1.82) is 0 Å². The van der Waals surface area contributed by atoms with Gasteiger partial charge in [0.15, 0.2) is 11.6 Å². The number of aromatic nitrogens is 2. The van der Waals surface area contributed by atoms with Crippen LogP contribution in [0.1, 0.15) is 18.2 Å². The molecule has 1 aromatic heterocycles. The first-order chi connectivity index (χ1) is 12.0. The molecular weight excluding hydrogens is 322 g/mol. The van der Waals surface area contributed by atoms with Gasteiger partial charge in [-0.2, -0.15) is 4.98 Å². The molecule has 0 bridgehead atoms. The fourth-order valence-electron chi connectivity index (χ4n) is 2.48. The van der Waals surface area contributed by atoms with Gasteiger partial charge in [-0.05, 0) is 37.1 Å². The lowest BCUT2D eigenvalue weighted by molar-refractivity contribution is 0.509. The summed E-state index contributed by atoms with van der Waals surface area (Å²) < 4.78 is 26.4. The van der Waals surface area contributed by atoms with Crippen molar-refractivity contribution in [3.8, 4) is 0 Å². The summed E-state index contributed by atoms with van der Waals surface area (Å²) in [6.45, 7) is 3.93. The van der Waals surface area contributed by atoms with Crippen molar-refractivity contribution in [3.63, 3.8) is 0 Å². The molecule has 3 aromatic rings. The molecule has 0 aliphatic carbocycles. The Balaban J connectivity index is 1.86. The molecule has 0 atom stereocenters. The minimum Gasteiger partial charge on any atom is -0.340 e. The quantitative estimate of drug-likeness (QED) is 0.677. The lowest BCUT2D eigenvalue weighted by Gasteiger charge is -2.12. The number of rotatable bonds is 5. The third-order valence-electron chi connectivity index (χ3n) is 3.69. The van der Waals surface area contributed by atoms with Gasteiger partial charge in [0, 0.05) is 29.2 Å². The number of hydrogen-bond donors (Lipinski definition) is 2. The van der Waals surface area contributed by atoms with Crippen LogP contribution in [0.5, 0.6) is 0 Å². The fourth-order valence-corrected chi connectivity index (χ4v) is 2.48. The molecule has 0 amide bonds. The van der Waals surface area contributed by atoms with E-state index in [1.807, 2.05) is 31.2 Å². The van der Waals surface area contributed by atoms with Crippen molar-refractivity contribution in [3.05, 3.63) is 71.4 Å². The Bertz CT molecular complexity index is 896. The van der Waals surface area contributed by atoms with Crippen molar-refractivity contribution >= 4 is 23.1 Å². The van der Waals surface area contributed by atoms with Gasteiger partial charge in [-0.3, -0.25) is 0 Å². The average Bonchev–Trinajstić information content (AvgIpc) is 2.58. The second-order valence-corrected chi connectivity index (χ2v) is 5.61. The highest BCUT2D eigenvalue weighted by Crippen LogP contribution is 2.23. The first kappa shape index (κ1) is 16.8. The van der Waals surface area contributed by atoms with Crippen molar-refractivity contribution in [2.45, 2.75) is 20.3 Å². The van der Waals surface area contributed by atoms with Crippen LogP contribution in [0.15, 0.2) is 48.5 Å². The topological polar surface area (TPSA) is 49.8 Å². The first-order valence-corrected chi connectivity index (χ1v) is 7.98. The Kier molecular flexibility index (Phi) is 4.88. The highest BCUT2D eigenvalue weighted by Gasteiger charge is 2.07. The molecule has 2 N–H and O–H groups in total. The van der Waals surface area contributed by atoms with E-state index in [1.165, 1.54) is 11.6 Å². The maximum Gasteiger partial charge on any atom is 0.229 e. The van der Waals surface area contributed by atoms with Crippen LogP contribution in [-0.2, 0) is 6.42 Å². The SMILES string of the molecule is CCc1ccccc1Nc1cc(C)nc(Nc2ccc(F)c(F)c2)n1. The van der Waals surface area contributed by atoms with E-state index >= 15 is 0 Å². The number of aryl methyl sites for hydroxylation is 2. The Labute approximate surface area is 145 Å². The normalized spacial score (nSPS) is 10.6. The lowest BCUT2D eigenvalue weighted by atomic mass is 10.1. The van der Waals surface area contributed by atoms with Crippen LogP contribution < -0.4 is 10.6 Å². The van der Waals surface area contributed by atoms with Gasteiger partial charge in [-0.25, -0.2) is 13.8 Å². The molecule has 0 saturated carbocycles. The van der Waals surface area contributed by atoms with E-state index in [4.69, 9.17) is 0 Å². The summed E-state index contributed by atoms with van der Waals surface area (Å²) in [7, 11) is 0. The highest BCUT2D eigenvalue weighted by molar-refractivity contribution is 5.63. The number of benzene rings is 2. The molecule has 6 heteroatoms. The van der Waals surface area contributed by atoms with Crippen LogP contribution in [-0.4, -0.2) is 9.97 Å². The first-order valence-electron chi connectivity index (χ1n) is 7.98. The molecule has 0 fully saturated rings. The van der Waals surface area contributed by atoms with Gasteiger partial charge >= 0.3 is 0 Å². The van der Waals surface area contributed by atoms with Crippen LogP contribution in [0.3, 0.4) is 0 Å². The predicted octanol–water partition coefficient (Wildman–Crippen LogP) is 5.11. The number of hydrogen-bond acceptors (Lipinski definition) is 4. The smallest absolute Gasteiger partial charge is 0.229 e. The Morgan fingerprint density at radius 2 is 1.72 bits per heavy atom. The van der Waals surface area contributed by atoms with Crippen molar-refractivity contribution < 1.29 is 8.78 Å². The van der Waals surface area contributed by atoms with Gasteiger partial charge in [0.1, 0.15) is 5.82 Å². The third-order valence-corrected chi connectivity index (χ3v) is 3.69. The minimum absolute atomic E-state index is 0.308. The molecule has 0 aliphatic heterocycles. The monoisotopic (exact) mass is 340 g/mol. The van der Waals surface area contributed by atoms with E-state index in [1.54, 1.807) is 0 Å². The Morgan fingerprint density at radius 1 is 0.920 bits per heavy atom. The van der Waals surface area contributed by atoms with E-state index in [9.17, 15) is 8.78 Å². The van der Waals surface area contributed by atoms with E-state index in [2.05, 4.69) is 33.6 Å². The Morgan fingerprint density at radius 3 is 2.48 bits per heavy atom. The Hall–Kier alpha value is -3.02. The van der Waals surface area contributed by atoms with E-state index in [0.717, 1.165) is 29.9 Å². The predicted molar refractivity (Wildman–Crippen MR) is 95.5 cm³/mol. The average molecular weight is 340 g/mol. The molecule has 25 heavy (non-hydrogen) atoms. The van der Waals surface area contributed by atoms with Crippen LogP contribution >= 0.6 is 0 Å². The summed E-state index contributed by atoms with van der Waals surface area (Å²) in [6, 6.07) is 13.4. The van der Waals surface area contributed by atoms with E-state index < -0.39 is 11.6 Å². The van der Waals surface area contributed by atoms with Gasteiger partial charge < -0.3 is 10.6 Å². The zero-order chi connectivity index (χ0) is 17.8. The van der Waals surface area contributed by atoms with Crippen LogP contribution in [0, 0.1) is 18.6 Å². The van der Waals surface area contributed by atoms with Gasteiger partial charge in [-0.15, -0.1) is 0 Å². The molecule has 2 aromatic carbocycles. The molecule has 3 rings (SSSR count). The van der Waals surface area contributed by atoms with Gasteiger partial charge in [0.05, 0.1) is 0 Å². The largest absolute Gasteiger partial charge is 0.340 e. The van der Waals surface area contributed by atoms with Gasteiger partial charge in [-0.1, -0.05) is 25.1 Å². The second-order valence-electron chi connectivity index (χ2n) is 5.61. The van der Waals surface area contributed by atoms with Gasteiger partial charge in [0.25, 0.3) is 0 Å². The van der Waals surface area contributed by atoms with Crippen LogP contribution in [0.4, 0.5) is 31.9 Å². The molecule has 0 saturated heterocycles. The maximum absolute atomic E-state index is 13.3. The molecule has 1 heterocycles. The molecule has 0 radical (unpaired) electrons. The van der Waals surface area contributed by atoms with Crippen LogP contribution in [0.25, 0.3) is 0 Å². The molecule has 4 nitrogen and oxygen atoms in total. The fraction of sp³-hybridized carbons (Fsp3) is 0.158. The van der Waals surface area contributed by atoms with E-state index in [0.29, 0.717) is 17.5 Å². The molecular formula is C19H18F2N4. The summed E-state index contributed by atoms with van der Waals surface area (Å²) in [4.78, 5) is 8.69. The summed E-state index contributed by atoms with van der Waals surface area (Å²) in [5.41, 5.74) is 3.27. The highest BCUT2D eigenvalue weighted by atomic mass is 19.2. The summed E-state index contributed by atoms with van der Waals surface area (Å²) in [5.74, 6) is -0.886. The van der Waals surface area contributed by atoms with Crippen molar-refractivity contribution in [2.24, 2.45) is 0 Å². The zero-order valence-electron chi connectivity index (χ0n) is 14.0. The van der Waals surface area contributed by atoms with Crippen molar-refractivity contribution in [2.75, 3.05) is 10.6 Å². The standard InChI is InChI=1S/C19H18F2N4/c1-3-13-6-4-5-7-17(13)24-18-10-12(2)22-19(25-18)23-14-8-9-15(20)16(21)11-14/h4-11H,3H2,1-2H3,(H2,22,23,24,25). The number of nitrogens with zero attached hydrogens (tertiary/aromatic N) is 2. The van der Waals surface area contributed by atoms with Gasteiger partial charge in [0.2, 0.25) is 5.95 Å². The maximum atomic E-state index is 13.3. The van der Waals surface area contributed by atoms with E-state index in [-0.39, 0.29) is 0 Å². The third kappa shape index (κ3) is 4.09. The second kappa shape index (κ2) is 7.25. The summed E-state index contributed by atoms with van der Waals surface area (Å²) in [6.07, 6.45) is 0.896. The lowest BCUT2D eigenvalue weighted by Crippen LogP contribution is -2.03. The van der Waals surface area contributed by atoms with Crippen molar-refractivity contribution in [1.82, 2.24) is 9.97 Å². The molecule has 0 spiro atoms. The zero-order valence-corrected chi connectivity index (χ0v) is 14.0. The molecule has 128 valence electrons. The number of para-hydroxylation sites is 1. The summed E-state index contributed by atoms with van der Waals surface area (Å²) in [5, 5.41) is 6.18. The summed E-state index contributed by atoms with van der Waals surface area (Å²) >= 11 is 0. The number of anilines is 4. The number of halogens is 2. The minimum atomic E-state index is -0.923.